The monoisotopic (exact) mass is 252 g/mol. The van der Waals surface area contributed by atoms with E-state index in [1.165, 1.54) is 12.8 Å². The molecule has 6 nitrogen and oxygen atoms in total. The largest absolute Gasteiger partial charge is 0.349 e. The first-order valence-corrected chi connectivity index (χ1v) is 6.50. The predicted molar refractivity (Wildman–Crippen MR) is 65.7 cm³/mol. The minimum Gasteiger partial charge on any atom is -0.349 e. The standard InChI is InChI=1S/C12H20N4O2/c1-9-15-11(16-18-9)8-14-12(17)3-2-10-4-6-13-7-5-10/h10,13H,2-8H2,1H3,(H,14,17). The number of nitrogens with one attached hydrogen (secondary N) is 2. The normalized spacial score (nSPS) is 16.7. The Labute approximate surface area is 107 Å². The summed E-state index contributed by atoms with van der Waals surface area (Å²) in [4.78, 5) is 15.7. The average molecular weight is 252 g/mol. The molecule has 1 fully saturated rings. The zero-order valence-corrected chi connectivity index (χ0v) is 10.7. The molecule has 0 aromatic carbocycles. The third kappa shape index (κ3) is 4.10. The molecule has 1 aliphatic rings. The molecule has 18 heavy (non-hydrogen) atoms. The molecule has 0 spiro atoms. The fraction of sp³-hybridized carbons (Fsp3) is 0.750. The van der Waals surface area contributed by atoms with E-state index in [9.17, 15) is 4.79 Å². The summed E-state index contributed by atoms with van der Waals surface area (Å²) >= 11 is 0. The van der Waals surface area contributed by atoms with Crippen LogP contribution in [0.4, 0.5) is 0 Å². The minimum absolute atomic E-state index is 0.0657. The van der Waals surface area contributed by atoms with Gasteiger partial charge in [-0.15, -0.1) is 0 Å². The zero-order valence-electron chi connectivity index (χ0n) is 10.7. The van der Waals surface area contributed by atoms with Crippen LogP contribution in [-0.2, 0) is 11.3 Å². The number of aryl methyl sites for hydroxylation is 1. The van der Waals surface area contributed by atoms with Gasteiger partial charge in [0.25, 0.3) is 0 Å². The number of carbonyl (C=O) groups excluding carboxylic acids is 1. The van der Waals surface area contributed by atoms with Crippen molar-refractivity contribution in [2.75, 3.05) is 13.1 Å². The molecular weight excluding hydrogens is 232 g/mol. The topological polar surface area (TPSA) is 80.0 Å². The molecule has 2 rings (SSSR count). The molecule has 2 N–H and O–H groups in total. The molecule has 1 amide bonds. The summed E-state index contributed by atoms with van der Waals surface area (Å²) in [5, 5.41) is 9.86. The maximum absolute atomic E-state index is 11.7. The van der Waals surface area contributed by atoms with Crippen LogP contribution in [0.15, 0.2) is 4.52 Å². The molecule has 1 aromatic rings. The highest BCUT2D eigenvalue weighted by atomic mass is 16.5. The van der Waals surface area contributed by atoms with Crippen molar-refractivity contribution in [1.29, 1.82) is 0 Å². The first kappa shape index (κ1) is 13.0. The Morgan fingerprint density at radius 2 is 2.28 bits per heavy atom. The van der Waals surface area contributed by atoms with Crippen LogP contribution in [-0.4, -0.2) is 29.1 Å². The number of amides is 1. The first-order chi connectivity index (χ1) is 8.74. The van der Waals surface area contributed by atoms with Gasteiger partial charge in [-0.1, -0.05) is 5.16 Å². The lowest BCUT2D eigenvalue weighted by Gasteiger charge is -2.22. The van der Waals surface area contributed by atoms with Gasteiger partial charge in [0.2, 0.25) is 11.8 Å². The van der Waals surface area contributed by atoms with Gasteiger partial charge in [-0.3, -0.25) is 4.79 Å². The second-order valence-electron chi connectivity index (χ2n) is 4.74. The van der Waals surface area contributed by atoms with Gasteiger partial charge in [-0.2, -0.15) is 4.98 Å². The summed E-state index contributed by atoms with van der Waals surface area (Å²) in [6, 6.07) is 0. The van der Waals surface area contributed by atoms with Crippen molar-refractivity contribution >= 4 is 5.91 Å². The van der Waals surface area contributed by atoms with E-state index in [-0.39, 0.29) is 5.91 Å². The second kappa shape index (κ2) is 6.49. The molecule has 0 saturated carbocycles. The predicted octanol–water partition coefficient (Wildman–Crippen LogP) is 0.774. The zero-order chi connectivity index (χ0) is 12.8. The number of hydrogen-bond acceptors (Lipinski definition) is 5. The van der Waals surface area contributed by atoms with Crippen LogP contribution in [0.1, 0.15) is 37.4 Å². The van der Waals surface area contributed by atoms with Crippen molar-refractivity contribution in [3.8, 4) is 0 Å². The van der Waals surface area contributed by atoms with Crippen molar-refractivity contribution in [3.63, 3.8) is 0 Å². The van der Waals surface area contributed by atoms with Crippen LogP contribution in [0.2, 0.25) is 0 Å². The van der Waals surface area contributed by atoms with Crippen molar-refractivity contribution < 1.29 is 9.32 Å². The lowest BCUT2D eigenvalue weighted by Crippen LogP contribution is -2.29. The first-order valence-electron chi connectivity index (χ1n) is 6.50. The second-order valence-corrected chi connectivity index (χ2v) is 4.74. The lowest BCUT2D eigenvalue weighted by molar-refractivity contribution is -0.121. The Morgan fingerprint density at radius 3 is 2.94 bits per heavy atom. The summed E-state index contributed by atoms with van der Waals surface area (Å²) in [5.74, 6) is 1.80. The summed E-state index contributed by atoms with van der Waals surface area (Å²) < 4.78 is 4.83. The van der Waals surface area contributed by atoms with Crippen LogP contribution in [0.3, 0.4) is 0 Å². The summed E-state index contributed by atoms with van der Waals surface area (Å²) in [6.45, 7) is 4.24. The molecule has 0 aliphatic carbocycles. The summed E-state index contributed by atoms with van der Waals surface area (Å²) in [7, 11) is 0. The fourth-order valence-electron chi connectivity index (χ4n) is 2.18. The van der Waals surface area contributed by atoms with E-state index in [0.29, 0.717) is 30.6 Å². The van der Waals surface area contributed by atoms with Crippen molar-refractivity contribution in [2.45, 2.75) is 39.2 Å². The van der Waals surface area contributed by atoms with E-state index >= 15 is 0 Å². The molecule has 100 valence electrons. The molecule has 0 atom stereocenters. The molecule has 6 heteroatoms. The van der Waals surface area contributed by atoms with Crippen LogP contribution in [0, 0.1) is 12.8 Å². The Hall–Kier alpha value is -1.43. The Bertz CT molecular complexity index is 385. The van der Waals surface area contributed by atoms with Gasteiger partial charge in [0, 0.05) is 13.3 Å². The fourth-order valence-corrected chi connectivity index (χ4v) is 2.18. The number of nitrogens with zero attached hydrogens (tertiary/aromatic N) is 2. The molecular formula is C12H20N4O2. The Balaban J connectivity index is 1.62. The van der Waals surface area contributed by atoms with Gasteiger partial charge in [-0.25, -0.2) is 0 Å². The number of piperidine rings is 1. The van der Waals surface area contributed by atoms with E-state index in [1.54, 1.807) is 6.92 Å². The van der Waals surface area contributed by atoms with Crippen LogP contribution in [0.5, 0.6) is 0 Å². The molecule has 0 unspecified atom stereocenters. The van der Waals surface area contributed by atoms with Crippen molar-refractivity contribution in [1.82, 2.24) is 20.8 Å². The van der Waals surface area contributed by atoms with E-state index in [1.807, 2.05) is 0 Å². The maximum Gasteiger partial charge on any atom is 0.223 e. The van der Waals surface area contributed by atoms with E-state index in [0.717, 1.165) is 19.5 Å². The Kier molecular flexibility index (Phi) is 4.69. The van der Waals surface area contributed by atoms with E-state index in [2.05, 4.69) is 20.8 Å². The van der Waals surface area contributed by atoms with Crippen LogP contribution in [0.25, 0.3) is 0 Å². The number of aromatic nitrogens is 2. The number of hydrogen-bond donors (Lipinski definition) is 2. The highest BCUT2D eigenvalue weighted by molar-refractivity contribution is 5.75. The molecule has 1 aromatic heterocycles. The quantitative estimate of drug-likeness (QED) is 0.809. The van der Waals surface area contributed by atoms with Gasteiger partial charge in [0.15, 0.2) is 5.82 Å². The third-order valence-corrected chi connectivity index (χ3v) is 3.25. The number of carbonyl (C=O) groups is 1. The van der Waals surface area contributed by atoms with E-state index < -0.39 is 0 Å². The van der Waals surface area contributed by atoms with Crippen LogP contribution < -0.4 is 10.6 Å². The van der Waals surface area contributed by atoms with Gasteiger partial charge in [-0.05, 0) is 38.3 Å². The van der Waals surface area contributed by atoms with Gasteiger partial charge in [0.05, 0.1) is 6.54 Å². The SMILES string of the molecule is Cc1nc(CNC(=O)CCC2CCNCC2)no1. The van der Waals surface area contributed by atoms with Crippen molar-refractivity contribution in [2.24, 2.45) is 5.92 Å². The van der Waals surface area contributed by atoms with Gasteiger partial charge in [0.1, 0.15) is 0 Å². The molecule has 0 bridgehead atoms. The Morgan fingerprint density at radius 1 is 1.50 bits per heavy atom. The van der Waals surface area contributed by atoms with Crippen LogP contribution >= 0.6 is 0 Å². The molecule has 0 radical (unpaired) electrons. The van der Waals surface area contributed by atoms with E-state index in [4.69, 9.17) is 4.52 Å². The van der Waals surface area contributed by atoms with Gasteiger partial charge >= 0.3 is 0 Å². The highest BCUT2D eigenvalue weighted by Crippen LogP contribution is 2.17. The highest BCUT2D eigenvalue weighted by Gasteiger charge is 2.14. The molecule has 1 aliphatic heterocycles. The van der Waals surface area contributed by atoms with Gasteiger partial charge < -0.3 is 15.2 Å². The average Bonchev–Trinajstić information content (AvgIpc) is 2.81. The number of rotatable bonds is 5. The lowest BCUT2D eigenvalue weighted by atomic mass is 9.93. The smallest absolute Gasteiger partial charge is 0.223 e. The third-order valence-electron chi connectivity index (χ3n) is 3.25. The van der Waals surface area contributed by atoms with Crippen molar-refractivity contribution in [3.05, 3.63) is 11.7 Å². The minimum atomic E-state index is 0.0657. The molecule has 2 heterocycles. The maximum atomic E-state index is 11.7. The molecule has 1 saturated heterocycles. The summed E-state index contributed by atoms with van der Waals surface area (Å²) in [6.07, 6.45) is 3.91. The summed E-state index contributed by atoms with van der Waals surface area (Å²) in [5.41, 5.74) is 0.